The number of nitrogens with zero attached hydrogens (tertiary/aromatic N) is 5. The Hall–Kier alpha value is -2.85. The average Bonchev–Trinajstić information content (AvgIpc) is 3.27. The zero-order valence-electron chi connectivity index (χ0n) is 18.4. The smallest absolute Gasteiger partial charge is 0.269 e. The molecule has 0 spiro atoms. The lowest BCUT2D eigenvalue weighted by atomic mass is 10.1. The molecule has 0 radical (unpaired) electrons. The van der Waals surface area contributed by atoms with Gasteiger partial charge in [0.15, 0.2) is 0 Å². The molecule has 2 rings (SSSR count). The molecule has 2 aromatic rings. The normalized spacial score (nSPS) is 11.0. The Morgan fingerprint density at radius 1 is 1.13 bits per heavy atom. The minimum absolute atomic E-state index is 0.182. The number of aromatic nitrogens is 4. The van der Waals surface area contributed by atoms with Gasteiger partial charge in [-0.1, -0.05) is 31.9 Å². The molecule has 10 nitrogen and oxygen atoms in total. The fraction of sp³-hybridized carbons (Fsp3) is 0.571. The molecule has 3 N–H and O–H groups in total. The number of carbonyl (C=O) groups excluding carboxylic acids is 2. The van der Waals surface area contributed by atoms with Crippen molar-refractivity contribution in [2.24, 2.45) is 0 Å². The summed E-state index contributed by atoms with van der Waals surface area (Å²) in [5, 5.41) is 19.7. The predicted molar refractivity (Wildman–Crippen MR) is 116 cm³/mol. The Balaban J connectivity index is 1.75. The highest BCUT2D eigenvalue weighted by Gasteiger charge is 2.10. The fourth-order valence-corrected chi connectivity index (χ4v) is 3.15. The molecule has 31 heavy (non-hydrogen) atoms. The van der Waals surface area contributed by atoms with Crippen molar-refractivity contribution in [3.05, 3.63) is 30.2 Å². The van der Waals surface area contributed by atoms with E-state index in [1.54, 1.807) is 22.4 Å². The largest absolute Gasteiger partial charge is 0.349 e. The molecule has 0 unspecified atom stereocenters. The third-order valence-electron chi connectivity index (χ3n) is 5.10. The number of nitrogens with one attached hydrogen (secondary N) is 2. The molecule has 0 aliphatic heterocycles. The number of aryl methyl sites for hydroxylation is 1. The summed E-state index contributed by atoms with van der Waals surface area (Å²) < 4.78 is 1.78. The van der Waals surface area contributed by atoms with Gasteiger partial charge in [0.1, 0.15) is 11.4 Å². The summed E-state index contributed by atoms with van der Waals surface area (Å²) in [4.78, 5) is 29.7. The van der Waals surface area contributed by atoms with E-state index in [1.165, 1.54) is 0 Å². The Morgan fingerprint density at radius 3 is 2.58 bits per heavy atom. The van der Waals surface area contributed by atoms with Crippen LogP contribution in [0.4, 0.5) is 0 Å². The maximum absolute atomic E-state index is 12.2. The van der Waals surface area contributed by atoms with E-state index < -0.39 is 0 Å². The second-order valence-corrected chi connectivity index (χ2v) is 7.28. The summed E-state index contributed by atoms with van der Waals surface area (Å²) in [5.41, 5.74) is 3.53. The van der Waals surface area contributed by atoms with Crippen molar-refractivity contribution in [1.82, 2.24) is 35.7 Å². The molecular weight excluding hydrogens is 398 g/mol. The Labute approximate surface area is 183 Å². The highest BCUT2D eigenvalue weighted by Crippen LogP contribution is 2.15. The van der Waals surface area contributed by atoms with Gasteiger partial charge in [-0.25, -0.2) is 5.48 Å². The molecular formula is C21H33N7O3. The SMILES string of the molecule is CCN(CC)CCNC(=O)c1ccc(-c2cn(CCCCCCC(=O)NO)nn2)cn1. The molecule has 170 valence electrons. The number of unbranched alkanes of at least 4 members (excludes halogenated alkanes) is 3. The molecule has 0 aromatic carbocycles. The van der Waals surface area contributed by atoms with Crippen molar-refractivity contribution in [1.29, 1.82) is 0 Å². The number of carbonyl (C=O) groups is 2. The number of hydroxylamine groups is 1. The lowest BCUT2D eigenvalue weighted by Gasteiger charge is -2.17. The maximum atomic E-state index is 12.2. The van der Waals surface area contributed by atoms with Crippen molar-refractivity contribution in [3.63, 3.8) is 0 Å². The number of amides is 2. The summed E-state index contributed by atoms with van der Waals surface area (Å²) >= 11 is 0. The number of pyridine rings is 1. The standard InChI is InChI=1S/C21H33N7O3/c1-3-27(4-2)14-12-22-21(30)18-11-10-17(15-23-18)19-16-28(26-24-19)13-8-6-5-7-9-20(29)25-31/h10-11,15-16,31H,3-9,12-14H2,1-2H3,(H,22,30)(H,25,29). The molecule has 0 aliphatic carbocycles. The first-order valence-corrected chi connectivity index (χ1v) is 10.9. The predicted octanol–water partition coefficient (Wildman–Crippen LogP) is 1.87. The summed E-state index contributed by atoms with van der Waals surface area (Å²) in [6.45, 7) is 8.27. The van der Waals surface area contributed by atoms with E-state index >= 15 is 0 Å². The zero-order valence-corrected chi connectivity index (χ0v) is 18.4. The van der Waals surface area contributed by atoms with Crippen molar-refractivity contribution in [2.75, 3.05) is 26.2 Å². The van der Waals surface area contributed by atoms with Gasteiger partial charge in [0.25, 0.3) is 5.91 Å². The van der Waals surface area contributed by atoms with Gasteiger partial charge in [0.2, 0.25) is 5.91 Å². The van der Waals surface area contributed by atoms with Crippen LogP contribution in [0.15, 0.2) is 24.5 Å². The fourth-order valence-electron chi connectivity index (χ4n) is 3.15. The zero-order chi connectivity index (χ0) is 22.5. The molecule has 0 saturated carbocycles. The first-order valence-electron chi connectivity index (χ1n) is 10.9. The van der Waals surface area contributed by atoms with Crippen LogP contribution in [0.25, 0.3) is 11.3 Å². The Bertz CT molecular complexity index is 804. The van der Waals surface area contributed by atoms with Crippen molar-refractivity contribution >= 4 is 11.8 Å². The lowest BCUT2D eigenvalue weighted by Crippen LogP contribution is -2.35. The van der Waals surface area contributed by atoms with Crippen LogP contribution in [-0.4, -0.2) is 68.1 Å². The average molecular weight is 432 g/mol. The molecule has 2 aromatic heterocycles. The van der Waals surface area contributed by atoms with Gasteiger partial charge < -0.3 is 10.2 Å². The van der Waals surface area contributed by atoms with Crippen LogP contribution in [0.5, 0.6) is 0 Å². The Morgan fingerprint density at radius 2 is 1.90 bits per heavy atom. The molecule has 0 saturated heterocycles. The van der Waals surface area contributed by atoms with Crippen LogP contribution in [0.1, 0.15) is 56.4 Å². The van der Waals surface area contributed by atoms with Crippen molar-refractivity contribution < 1.29 is 14.8 Å². The minimum Gasteiger partial charge on any atom is -0.349 e. The van der Waals surface area contributed by atoms with E-state index in [9.17, 15) is 9.59 Å². The van der Waals surface area contributed by atoms with Gasteiger partial charge >= 0.3 is 0 Å². The van der Waals surface area contributed by atoms with E-state index in [0.29, 0.717) is 24.4 Å². The van der Waals surface area contributed by atoms with Crippen LogP contribution in [0.2, 0.25) is 0 Å². The number of hydrogen-bond acceptors (Lipinski definition) is 7. The number of likely N-dealkylation sites (N-methyl/N-ethyl adjacent to an activating group) is 1. The molecule has 0 fully saturated rings. The van der Waals surface area contributed by atoms with Gasteiger partial charge in [-0.3, -0.25) is 24.5 Å². The highest BCUT2D eigenvalue weighted by molar-refractivity contribution is 5.92. The molecule has 0 aliphatic rings. The third-order valence-corrected chi connectivity index (χ3v) is 5.10. The number of hydrogen-bond donors (Lipinski definition) is 3. The van der Waals surface area contributed by atoms with Crippen molar-refractivity contribution in [3.8, 4) is 11.3 Å². The molecule has 0 atom stereocenters. The molecule has 2 amide bonds. The van der Waals surface area contributed by atoms with Gasteiger partial charge in [0.05, 0.1) is 6.20 Å². The van der Waals surface area contributed by atoms with Crippen LogP contribution in [0, 0.1) is 0 Å². The number of rotatable bonds is 14. The molecule has 0 bridgehead atoms. The lowest BCUT2D eigenvalue weighted by molar-refractivity contribution is -0.129. The van der Waals surface area contributed by atoms with E-state index in [4.69, 9.17) is 5.21 Å². The second-order valence-electron chi connectivity index (χ2n) is 7.28. The van der Waals surface area contributed by atoms with Crippen LogP contribution in [-0.2, 0) is 11.3 Å². The Kier molecular flexibility index (Phi) is 10.6. The topological polar surface area (TPSA) is 125 Å². The molecule has 2 heterocycles. The molecule has 10 heteroatoms. The summed E-state index contributed by atoms with van der Waals surface area (Å²) in [7, 11) is 0. The van der Waals surface area contributed by atoms with E-state index in [-0.39, 0.29) is 11.8 Å². The van der Waals surface area contributed by atoms with Crippen LogP contribution < -0.4 is 10.8 Å². The third kappa shape index (κ3) is 8.42. The van der Waals surface area contributed by atoms with Crippen LogP contribution in [0.3, 0.4) is 0 Å². The van der Waals surface area contributed by atoms with Crippen LogP contribution >= 0.6 is 0 Å². The van der Waals surface area contributed by atoms with Gasteiger partial charge in [-0.15, -0.1) is 5.10 Å². The summed E-state index contributed by atoms with van der Waals surface area (Å²) in [5.74, 6) is -0.531. The van der Waals surface area contributed by atoms with E-state index in [0.717, 1.165) is 57.4 Å². The maximum Gasteiger partial charge on any atom is 0.269 e. The van der Waals surface area contributed by atoms with Gasteiger partial charge in [-0.05, 0) is 38.1 Å². The first-order chi connectivity index (χ1) is 15.1. The highest BCUT2D eigenvalue weighted by atomic mass is 16.5. The van der Waals surface area contributed by atoms with Crippen molar-refractivity contribution in [2.45, 2.75) is 52.5 Å². The minimum atomic E-state index is -0.349. The first kappa shape index (κ1) is 24.4. The van der Waals surface area contributed by atoms with E-state index in [2.05, 4.69) is 39.4 Å². The monoisotopic (exact) mass is 431 g/mol. The van der Waals surface area contributed by atoms with Gasteiger partial charge in [-0.2, -0.15) is 0 Å². The van der Waals surface area contributed by atoms with E-state index in [1.807, 2.05) is 12.3 Å². The van der Waals surface area contributed by atoms with Gasteiger partial charge in [0, 0.05) is 37.8 Å². The quantitative estimate of drug-likeness (QED) is 0.237. The summed E-state index contributed by atoms with van der Waals surface area (Å²) in [6, 6.07) is 3.52. The second kappa shape index (κ2) is 13.5. The summed E-state index contributed by atoms with van der Waals surface area (Å²) in [6.07, 6.45) is 7.39.